The largest absolute Gasteiger partial charge is 0.463 e. The van der Waals surface area contributed by atoms with Gasteiger partial charge in [0, 0.05) is 0 Å². The molecule has 9 heteroatoms. The maximum Gasteiger partial charge on any atom is 0.334 e. The molecule has 20 heavy (non-hydrogen) atoms. The highest BCUT2D eigenvalue weighted by atomic mass is 32.2. The molecule has 0 aliphatic carbocycles. The molecule has 5 nitrogen and oxygen atoms in total. The summed E-state index contributed by atoms with van der Waals surface area (Å²) >= 11 is 16.9. The zero-order chi connectivity index (χ0) is 16.0. The molecule has 0 amide bonds. The standard InChI is InChI=1S/C11H22O5S4/c1-2-3-10(17,18)11(19,20)8(15)16-7-9(4-12,5-13)6-14/h12-14,17-20H,2-7H2,1H3. The highest BCUT2D eigenvalue weighted by Crippen LogP contribution is 2.45. The molecule has 0 spiro atoms. The molecule has 0 unspecified atom stereocenters. The summed E-state index contributed by atoms with van der Waals surface area (Å²) in [6, 6.07) is 0. The first-order valence-corrected chi connectivity index (χ1v) is 7.80. The third-order valence-electron chi connectivity index (χ3n) is 2.96. The van der Waals surface area contributed by atoms with Crippen LogP contribution in [0, 0.1) is 5.41 Å². The molecule has 0 aliphatic rings. The minimum Gasteiger partial charge on any atom is -0.463 e. The number of aliphatic hydroxyl groups excluding tert-OH is 3. The molecule has 0 aromatic heterocycles. The Morgan fingerprint density at radius 1 is 1.05 bits per heavy atom. The van der Waals surface area contributed by atoms with Crippen LogP contribution in [0.15, 0.2) is 0 Å². The van der Waals surface area contributed by atoms with Gasteiger partial charge in [-0.25, -0.2) is 4.79 Å². The first kappa shape index (κ1) is 20.8. The summed E-state index contributed by atoms with van der Waals surface area (Å²) in [6.45, 7) is -0.0374. The number of esters is 1. The number of rotatable bonds is 9. The Balaban J connectivity index is 4.84. The van der Waals surface area contributed by atoms with E-state index < -0.39 is 39.4 Å². The van der Waals surface area contributed by atoms with E-state index in [1.54, 1.807) is 0 Å². The summed E-state index contributed by atoms with van der Waals surface area (Å²) in [4.78, 5) is 12.1. The minimum absolute atomic E-state index is 0.359. The fourth-order valence-corrected chi connectivity index (χ4v) is 2.28. The molecule has 0 aliphatic heterocycles. The van der Waals surface area contributed by atoms with Crippen LogP contribution in [-0.2, 0) is 9.53 Å². The summed E-state index contributed by atoms with van der Waals surface area (Å²) in [5.74, 6) is -0.803. The zero-order valence-corrected chi connectivity index (χ0v) is 14.8. The number of hydrogen-bond donors (Lipinski definition) is 7. The van der Waals surface area contributed by atoms with E-state index in [1.165, 1.54) is 0 Å². The fourth-order valence-electron chi connectivity index (χ4n) is 1.29. The quantitative estimate of drug-likeness (QED) is 0.183. The topological polar surface area (TPSA) is 87.0 Å². The van der Waals surface area contributed by atoms with Crippen molar-refractivity contribution in [1.82, 2.24) is 0 Å². The first-order valence-electron chi connectivity index (χ1n) is 6.01. The van der Waals surface area contributed by atoms with Gasteiger partial charge in [-0.15, -0.1) is 25.3 Å². The number of thiol groups is 4. The van der Waals surface area contributed by atoms with E-state index in [0.29, 0.717) is 6.42 Å². The number of aliphatic hydroxyl groups is 3. The van der Waals surface area contributed by atoms with Crippen molar-refractivity contribution in [3.8, 4) is 0 Å². The molecule has 0 saturated carbocycles. The monoisotopic (exact) mass is 362 g/mol. The van der Waals surface area contributed by atoms with Gasteiger partial charge in [-0.3, -0.25) is 0 Å². The summed E-state index contributed by atoms with van der Waals surface area (Å²) in [5.41, 5.74) is -1.30. The molecule has 0 saturated heterocycles. The Morgan fingerprint density at radius 3 is 1.85 bits per heavy atom. The van der Waals surface area contributed by atoms with Crippen LogP contribution >= 0.6 is 50.5 Å². The van der Waals surface area contributed by atoms with Crippen molar-refractivity contribution in [3.05, 3.63) is 0 Å². The summed E-state index contributed by atoms with van der Waals surface area (Å²) < 4.78 is 2.33. The van der Waals surface area contributed by atoms with Gasteiger partial charge in [0.05, 0.1) is 29.3 Å². The van der Waals surface area contributed by atoms with Gasteiger partial charge in [0.15, 0.2) is 4.08 Å². The van der Waals surface area contributed by atoms with Gasteiger partial charge in [-0.05, 0) is 6.42 Å². The van der Waals surface area contributed by atoms with Crippen LogP contribution in [0.2, 0.25) is 0 Å². The lowest BCUT2D eigenvalue weighted by molar-refractivity contribution is -0.151. The van der Waals surface area contributed by atoms with Gasteiger partial charge < -0.3 is 20.1 Å². The van der Waals surface area contributed by atoms with Crippen LogP contribution in [0.4, 0.5) is 0 Å². The van der Waals surface area contributed by atoms with Gasteiger partial charge in [-0.2, -0.15) is 25.3 Å². The van der Waals surface area contributed by atoms with Crippen molar-refractivity contribution in [2.45, 2.75) is 27.9 Å². The Labute approximate surface area is 141 Å². The molecule has 3 N–H and O–H groups in total. The lowest BCUT2D eigenvalue weighted by Crippen LogP contribution is -2.47. The number of carbonyl (C=O) groups excluding carboxylic acids is 1. The van der Waals surface area contributed by atoms with E-state index in [-0.39, 0.29) is 6.61 Å². The number of carbonyl (C=O) groups is 1. The van der Waals surface area contributed by atoms with Gasteiger partial charge in [0.1, 0.15) is 6.61 Å². The van der Waals surface area contributed by atoms with E-state index in [1.807, 2.05) is 6.92 Å². The predicted octanol–water partition coefficient (Wildman–Crippen LogP) is 0.405. The molecule has 0 aromatic rings. The SMILES string of the molecule is CCCC(S)(S)C(S)(S)C(=O)OCC(CO)(CO)CO. The van der Waals surface area contributed by atoms with Crippen molar-refractivity contribution in [2.24, 2.45) is 5.41 Å². The lowest BCUT2D eigenvalue weighted by Gasteiger charge is -2.36. The van der Waals surface area contributed by atoms with Crippen molar-refractivity contribution >= 4 is 56.5 Å². The molecular formula is C11H22O5S4. The second-order valence-electron chi connectivity index (χ2n) is 4.79. The Kier molecular flexibility index (Phi) is 8.72. The Morgan fingerprint density at radius 2 is 1.50 bits per heavy atom. The summed E-state index contributed by atoms with van der Waals surface area (Å²) in [7, 11) is 0. The third kappa shape index (κ3) is 4.89. The molecule has 0 atom stereocenters. The van der Waals surface area contributed by atoms with Crippen LogP contribution in [0.1, 0.15) is 19.8 Å². The van der Waals surface area contributed by atoms with E-state index in [4.69, 9.17) is 20.1 Å². The van der Waals surface area contributed by atoms with Crippen molar-refractivity contribution < 1.29 is 24.9 Å². The summed E-state index contributed by atoms with van der Waals surface area (Å²) in [6.07, 6.45) is 1.18. The Hall–Kier alpha value is 0.750. The van der Waals surface area contributed by atoms with Crippen LogP contribution in [0.25, 0.3) is 0 Å². The lowest BCUT2D eigenvalue weighted by atomic mass is 9.92. The fraction of sp³-hybridized carbons (Fsp3) is 0.909. The minimum atomic E-state index is -1.57. The number of hydrogen-bond acceptors (Lipinski definition) is 9. The number of ether oxygens (including phenoxy) is 1. The van der Waals surface area contributed by atoms with Gasteiger partial charge in [0.25, 0.3) is 0 Å². The van der Waals surface area contributed by atoms with Crippen LogP contribution in [-0.4, -0.2) is 55.9 Å². The molecule has 0 fully saturated rings. The molecule has 120 valence electrons. The zero-order valence-electron chi connectivity index (χ0n) is 11.2. The normalized spacial score (nSPS) is 13.4. The van der Waals surface area contributed by atoms with E-state index in [2.05, 4.69) is 50.5 Å². The van der Waals surface area contributed by atoms with Crippen molar-refractivity contribution in [2.75, 3.05) is 26.4 Å². The van der Waals surface area contributed by atoms with Gasteiger partial charge in [-0.1, -0.05) is 13.3 Å². The molecule has 0 heterocycles. The smallest absolute Gasteiger partial charge is 0.334 e. The van der Waals surface area contributed by atoms with Crippen molar-refractivity contribution in [3.63, 3.8) is 0 Å². The molecular weight excluding hydrogens is 340 g/mol. The van der Waals surface area contributed by atoms with Gasteiger partial charge >= 0.3 is 5.97 Å². The highest BCUT2D eigenvalue weighted by Gasteiger charge is 2.49. The maximum absolute atomic E-state index is 12.1. The van der Waals surface area contributed by atoms with E-state index >= 15 is 0 Å². The van der Waals surface area contributed by atoms with Crippen molar-refractivity contribution in [1.29, 1.82) is 0 Å². The average molecular weight is 363 g/mol. The maximum atomic E-state index is 12.1. The molecule has 0 rings (SSSR count). The van der Waals surface area contributed by atoms with Crippen LogP contribution in [0.5, 0.6) is 0 Å². The average Bonchev–Trinajstić information content (AvgIpc) is 2.40. The summed E-state index contributed by atoms with van der Waals surface area (Å²) in [5, 5.41) is 27.5. The first-order chi connectivity index (χ1) is 9.12. The molecule has 0 aromatic carbocycles. The third-order valence-corrected chi connectivity index (χ3v) is 5.91. The highest BCUT2D eigenvalue weighted by molar-refractivity contribution is 8.09. The predicted molar refractivity (Wildman–Crippen MR) is 91.0 cm³/mol. The molecule has 0 radical (unpaired) electrons. The van der Waals surface area contributed by atoms with Crippen LogP contribution in [0.3, 0.4) is 0 Å². The van der Waals surface area contributed by atoms with E-state index in [0.717, 1.165) is 6.42 Å². The second-order valence-corrected chi connectivity index (χ2v) is 8.36. The Bertz CT molecular complexity index is 310. The second kappa shape index (κ2) is 8.40. The van der Waals surface area contributed by atoms with E-state index in [9.17, 15) is 4.79 Å². The van der Waals surface area contributed by atoms with Gasteiger partial charge in [0.2, 0.25) is 0 Å². The molecule has 0 bridgehead atoms. The van der Waals surface area contributed by atoms with Crippen LogP contribution < -0.4 is 0 Å².